The van der Waals surface area contributed by atoms with Crippen molar-refractivity contribution in [2.45, 2.75) is 11.8 Å². The standard InChI is InChI=1S/C20H23N3O4S/c1-16-10-12-18(13-11-16)28(25,26)23(2)15-20(24)22-21-14-6-8-17-7-4-5-9-19(17)27-3/h4-14H,15H2,1-3H3,(H,22,24)/b8-6+,21-14-. The summed E-state index contributed by atoms with van der Waals surface area (Å²) in [5, 5.41) is 3.79. The molecule has 0 aliphatic rings. The lowest BCUT2D eigenvalue weighted by molar-refractivity contribution is -0.121. The molecular formula is C20H23N3O4S. The Balaban J connectivity index is 1.90. The summed E-state index contributed by atoms with van der Waals surface area (Å²) in [7, 11) is -0.804. The van der Waals surface area contributed by atoms with E-state index in [4.69, 9.17) is 4.74 Å². The molecule has 0 radical (unpaired) electrons. The van der Waals surface area contributed by atoms with Crippen LogP contribution in [-0.4, -0.2) is 45.5 Å². The van der Waals surface area contributed by atoms with Crippen LogP contribution in [-0.2, 0) is 14.8 Å². The second-order valence-corrected chi connectivity index (χ2v) is 8.03. The smallest absolute Gasteiger partial charge is 0.255 e. The van der Waals surface area contributed by atoms with E-state index in [0.29, 0.717) is 0 Å². The Hall–Kier alpha value is -2.97. The van der Waals surface area contributed by atoms with E-state index in [9.17, 15) is 13.2 Å². The Bertz CT molecular complexity index is 967. The van der Waals surface area contributed by atoms with Crippen LogP contribution in [0, 0.1) is 6.92 Å². The van der Waals surface area contributed by atoms with Crippen molar-refractivity contribution in [1.29, 1.82) is 0 Å². The minimum atomic E-state index is -3.74. The molecule has 0 saturated heterocycles. The predicted octanol–water partition coefficient (Wildman–Crippen LogP) is 2.44. The van der Waals surface area contributed by atoms with E-state index in [1.54, 1.807) is 31.4 Å². The number of sulfonamides is 1. The highest BCUT2D eigenvalue weighted by Gasteiger charge is 2.22. The number of amides is 1. The number of hydrazone groups is 1. The summed E-state index contributed by atoms with van der Waals surface area (Å²) in [6.07, 6.45) is 4.83. The number of ether oxygens (including phenoxy) is 1. The van der Waals surface area contributed by atoms with Crippen LogP contribution >= 0.6 is 0 Å². The zero-order valence-electron chi connectivity index (χ0n) is 16.0. The van der Waals surface area contributed by atoms with Gasteiger partial charge >= 0.3 is 0 Å². The van der Waals surface area contributed by atoms with Gasteiger partial charge in [-0.1, -0.05) is 35.9 Å². The first-order valence-corrected chi connectivity index (χ1v) is 9.93. The first kappa shape index (κ1) is 21.3. The van der Waals surface area contributed by atoms with Crippen molar-refractivity contribution < 1.29 is 17.9 Å². The van der Waals surface area contributed by atoms with Gasteiger partial charge in [-0.3, -0.25) is 4.79 Å². The van der Waals surface area contributed by atoms with Crippen LogP contribution in [0.5, 0.6) is 5.75 Å². The van der Waals surface area contributed by atoms with Crippen LogP contribution in [0.2, 0.25) is 0 Å². The molecule has 0 heterocycles. The van der Waals surface area contributed by atoms with Crippen LogP contribution in [0.4, 0.5) is 0 Å². The fourth-order valence-electron chi connectivity index (χ4n) is 2.32. The van der Waals surface area contributed by atoms with Gasteiger partial charge in [0.1, 0.15) is 5.75 Å². The van der Waals surface area contributed by atoms with Gasteiger partial charge in [0.2, 0.25) is 10.0 Å². The summed E-state index contributed by atoms with van der Waals surface area (Å²) in [5.41, 5.74) is 4.12. The third-order valence-electron chi connectivity index (χ3n) is 3.86. The van der Waals surface area contributed by atoms with Crippen molar-refractivity contribution in [1.82, 2.24) is 9.73 Å². The van der Waals surface area contributed by atoms with Crippen LogP contribution < -0.4 is 10.2 Å². The minimum absolute atomic E-state index is 0.136. The highest BCUT2D eigenvalue weighted by molar-refractivity contribution is 7.89. The summed E-state index contributed by atoms with van der Waals surface area (Å²) in [4.78, 5) is 12.1. The number of methoxy groups -OCH3 is 1. The van der Waals surface area contributed by atoms with Crippen molar-refractivity contribution in [2.75, 3.05) is 20.7 Å². The number of rotatable bonds is 8. The highest BCUT2D eigenvalue weighted by atomic mass is 32.2. The first-order valence-electron chi connectivity index (χ1n) is 8.49. The predicted molar refractivity (Wildman–Crippen MR) is 110 cm³/mol. The van der Waals surface area contributed by atoms with Gasteiger partial charge < -0.3 is 4.74 Å². The van der Waals surface area contributed by atoms with Gasteiger partial charge in [0, 0.05) is 18.8 Å². The Morgan fingerprint density at radius 1 is 1.18 bits per heavy atom. The molecule has 2 aromatic rings. The number of carbonyl (C=O) groups excluding carboxylic acids is 1. The normalized spacial score (nSPS) is 12.0. The zero-order chi connectivity index (χ0) is 20.6. The lowest BCUT2D eigenvalue weighted by atomic mass is 10.2. The average molecular weight is 401 g/mol. The van der Waals surface area contributed by atoms with Crippen molar-refractivity contribution in [2.24, 2.45) is 5.10 Å². The minimum Gasteiger partial charge on any atom is -0.496 e. The Morgan fingerprint density at radius 3 is 2.54 bits per heavy atom. The van der Waals surface area contributed by atoms with Gasteiger partial charge in [0.15, 0.2) is 0 Å². The molecule has 7 nitrogen and oxygen atoms in total. The van der Waals surface area contributed by atoms with E-state index in [2.05, 4.69) is 10.5 Å². The van der Waals surface area contributed by atoms with E-state index in [1.807, 2.05) is 31.2 Å². The van der Waals surface area contributed by atoms with E-state index in [-0.39, 0.29) is 11.4 Å². The zero-order valence-corrected chi connectivity index (χ0v) is 16.8. The molecule has 0 bridgehead atoms. The molecule has 8 heteroatoms. The van der Waals surface area contributed by atoms with Crippen LogP contribution in [0.15, 0.2) is 64.6 Å². The molecule has 148 valence electrons. The number of likely N-dealkylation sites (N-methyl/N-ethyl adjacent to an activating group) is 1. The maximum Gasteiger partial charge on any atom is 0.255 e. The summed E-state index contributed by atoms with van der Waals surface area (Å²) in [6.45, 7) is 1.53. The molecule has 28 heavy (non-hydrogen) atoms. The van der Waals surface area contributed by atoms with E-state index >= 15 is 0 Å². The summed E-state index contributed by atoms with van der Waals surface area (Å²) < 4.78 is 31.1. The fourth-order valence-corrected chi connectivity index (χ4v) is 3.44. The molecule has 0 atom stereocenters. The Morgan fingerprint density at radius 2 is 1.86 bits per heavy atom. The summed E-state index contributed by atoms with van der Waals surface area (Å²) >= 11 is 0. The topological polar surface area (TPSA) is 88.1 Å². The molecule has 2 rings (SSSR count). The van der Waals surface area contributed by atoms with Gasteiger partial charge in [-0.05, 0) is 37.3 Å². The number of aryl methyl sites for hydroxylation is 1. The molecule has 0 fully saturated rings. The number of hydrogen-bond donors (Lipinski definition) is 1. The number of hydrogen-bond acceptors (Lipinski definition) is 5. The number of benzene rings is 2. The van der Waals surface area contributed by atoms with Crippen LogP contribution in [0.25, 0.3) is 6.08 Å². The fraction of sp³-hybridized carbons (Fsp3) is 0.200. The number of nitrogens with one attached hydrogen (secondary N) is 1. The average Bonchev–Trinajstić information content (AvgIpc) is 2.68. The van der Waals surface area contributed by atoms with E-state index < -0.39 is 15.9 Å². The molecule has 0 aliphatic carbocycles. The maximum absolute atomic E-state index is 12.5. The van der Waals surface area contributed by atoms with Gasteiger partial charge in [0.05, 0.1) is 18.6 Å². The van der Waals surface area contributed by atoms with E-state index in [0.717, 1.165) is 21.2 Å². The molecule has 2 aromatic carbocycles. The monoisotopic (exact) mass is 401 g/mol. The largest absolute Gasteiger partial charge is 0.496 e. The molecular weight excluding hydrogens is 378 g/mol. The second-order valence-electron chi connectivity index (χ2n) is 5.99. The summed E-state index contributed by atoms with van der Waals surface area (Å²) in [5.74, 6) is 0.180. The molecule has 0 unspecified atom stereocenters. The van der Waals surface area contributed by atoms with Gasteiger partial charge in [0.25, 0.3) is 5.91 Å². The van der Waals surface area contributed by atoms with Crippen LogP contribution in [0.1, 0.15) is 11.1 Å². The number of para-hydroxylation sites is 1. The molecule has 0 saturated carbocycles. The number of nitrogens with zero attached hydrogens (tertiary/aromatic N) is 2. The SMILES string of the molecule is COc1ccccc1/C=C/C=N\NC(=O)CN(C)S(=O)(=O)c1ccc(C)cc1. The van der Waals surface area contributed by atoms with Gasteiger partial charge in [-0.2, -0.15) is 9.41 Å². The number of carbonyl (C=O) groups is 1. The van der Waals surface area contributed by atoms with Crippen molar-refractivity contribution in [3.8, 4) is 5.75 Å². The highest BCUT2D eigenvalue weighted by Crippen LogP contribution is 2.18. The third kappa shape index (κ3) is 5.77. The van der Waals surface area contributed by atoms with Gasteiger partial charge in [-0.25, -0.2) is 13.8 Å². The van der Waals surface area contributed by atoms with E-state index in [1.165, 1.54) is 25.4 Å². The summed E-state index contributed by atoms with van der Waals surface area (Å²) in [6, 6.07) is 13.9. The lowest BCUT2D eigenvalue weighted by Crippen LogP contribution is -2.36. The molecule has 0 aromatic heterocycles. The maximum atomic E-state index is 12.5. The van der Waals surface area contributed by atoms with Crippen molar-refractivity contribution >= 4 is 28.2 Å². The molecule has 1 N–H and O–H groups in total. The molecule has 0 spiro atoms. The third-order valence-corrected chi connectivity index (χ3v) is 5.68. The lowest BCUT2D eigenvalue weighted by Gasteiger charge is -2.16. The van der Waals surface area contributed by atoms with Gasteiger partial charge in [-0.15, -0.1) is 0 Å². The number of allylic oxidation sites excluding steroid dienone is 1. The Kier molecular flexibility index (Phi) is 7.48. The quantitative estimate of drug-likeness (QED) is 0.544. The Labute approximate surface area is 165 Å². The first-order chi connectivity index (χ1) is 13.3. The van der Waals surface area contributed by atoms with Crippen LogP contribution in [0.3, 0.4) is 0 Å². The van der Waals surface area contributed by atoms with Crippen molar-refractivity contribution in [3.63, 3.8) is 0 Å². The molecule has 1 amide bonds. The molecule has 0 aliphatic heterocycles. The second kappa shape index (κ2) is 9.82. The van der Waals surface area contributed by atoms with Crippen molar-refractivity contribution in [3.05, 3.63) is 65.7 Å².